The normalized spacial score (nSPS) is 14.0. The third kappa shape index (κ3) is 7.37. The molecule has 8 heteroatoms. The van der Waals surface area contributed by atoms with Gasteiger partial charge in [0.25, 0.3) is 0 Å². The summed E-state index contributed by atoms with van der Waals surface area (Å²) in [5.41, 5.74) is 2.72. The van der Waals surface area contributed by atoms with E-state index in [1.165, 1.54) is 0 Å². The van der Waals surface area contributed by atoms with Gasteiger partial charge in [-0.15, -0.1) is 0 Å². The molecular formula is C29H34ClN3O4. The molecule has 4 rings (SSSR count). The Morgan fingerprint density at radius 1 is 0.973 bits per heavy atom. The molecule has 37 heavy (non-hydrogen) atoms. The van der Waals surface area contributed by atoms with Crippen molar-refractivity contribution in [3.63, 3.8) is 0 Å². The van der Waals surface area contributed by atoms with E-state index >= 15 is 0 Å². The van der Waals surface area contributed by atoms with Crippen molar-refractivity contribution in [2.24, 2.45) is 0 Å². The van der Waals surface area contributed by atoms with Crippen LogP contribution >= 0.6 is 11.6 Å². The number of hydrogen-bond donors (Lipinski definition) is 0. The number of esters is 1. The zero-order chi connectivity index (χ0) is 26.2. The van der Waals surface area contributed by atoms with Crippen molar-refractivity contribution in [1.82, 2.24) is 9.88 Å². The molecule has 1 aliphatic rings. The molecule has 3 aromatic rings. The summed E-state index contributed by atoms with van der Waals surface area (Å²) in [6.45, 7) is 10.7. The Bertz CT molecular complexity index is 1180. The van der Waals surface area contributed by atoms with Crippen LogP contribution in [-0.2, 0) is 17.9 Å². The van der Waals surface area contributed by atoms with Crippen LogP contribution in [0.5, 0.6) is 11.5 Å². The van der Waals surface area contributed by atoms with E-state index in [0.717, 1.165) is 55.3 Å². The van der Waals surface area contributed by atoms with Crippen molar-refractivity contribution < 1.29 is 19.0 Å². The second-order valence-corrected chi connectivity index (χ2v) is 9.66. The van der Waals surface area contributed by atoms with Gasteiger partial charge in [-0.25, -0.2) is 9.78 Å². The maximum Gasteiger partial charge on any atom is 0.342 e. The van der Waals surface area contributed by atoms with Crippen molar-refractivity contribution in [1.29, 1.82) is 0 Å². The van der Waals surface area contributed by atoms with Gasteiger partial charge in [0.2, 0.25) is 0 Å². The van der Waals surface area contributed by atoms with Gasteiger partial charge in [-0.2, -0.15) is 0 Å². The van der Waals surface area contributed by atoms with E-state index in [-0.39, 0.29) is 12.1 Å². The fourth-order valence-corrected chi connectivity index (χ4v) is 4.37. The van der Waals surface area contributed by atoms with Gasteiger partial charge in [0.05, 0.1) is 12.7 Å². The minimum Gasteiger partial charge on any atom is -0.490 e. The number of pyridine rings is 1. The molecule has 0 N–H and O–H groups in total. The monoisotopic (exact) mass is 523 g/mol. The number of halogens is 1. The summed E-state index contributed by atoms with van der Waals surface area (Å²) in [5.74, 6) is 1.83. The molecule has 196 valence electrons. The molecule has 0 atom stereocenters. The lowest BCUT2D eigenvalue weighted by atomic mass is 10.1. The average Bonchev–Trinajstić information content (AvgIpc) is 2.89. The number of nitrogens with zero attached hydrogens (tertiary/aromatic N) is 3. The van der Waals surface area contributed by atoms with Gasteiger partial charge in [0, 0.05) is 43.9 Å². The Morgan fingerprint density at radius 2 is 1.70 bits per heavy atom. The predicted molar refractivity (Wildman–Crippen MR) is 146 cm³/mol. The van der Waals surface area contributed by atoms with Crippen LogP contribution in [0.4, 0.5) is 5.82 Å². The van der Waals surface area contributed by atoms with Gasteiger partial charge < -0.3 is 19.1 Å². The van der Waals surface area contributed by atoms with E-state index in [0.29, 0.717) is 29.6 Å². The number of carbonyl (C=O) groups excluding carboxylic acids is 1. The lowest BCUT2D eigenvalue weighted by Gasteiger charge is -2.36. The number of hydrogen-bond acceptors (Lipinski definition) is 7. The zero-order valence-electron chi connectivity index (χ0n) is 21.7. The Balaban J connectivity index is 1.36. The summed E-state index contributed by atoms with van der Waals surface area (Å²) in [4.78, 5) is 21.6. The maximum absolute atomic E-state index is 12.6. The van der Waals surface area contributed by atoms with Gasteiger partial charge in [0.15, 0.2) is 11.5 Å². The van der Waals surface area contributed by atoms with Crippen molar-refractivity contribution in [3.05, 3.63) is 82.5 Å². The second-order valence-electron chi connectivity index (χ2n) is 9.22. The van der Waals surface area contributed by atoms with Gasteiger partial charge in [-0.1, -0.05) is 29.8 Å². The van der Waals surface area contributed by atoms with Crippen LogP contribution in [0.3, 0.4) is 0 Å². The number of rotatable bonds is 10. The average molecular weight is 524 g/mol. The number of piperazine rings is 1. The minimum absolute atomic E-state index is 0.173. The van der Waals surface area contributed by atoms with Crippen molar-refractivity contribution in [3.8, 4) is 11.5 Å². The van der Waals surface area contributed by atoms with Crippen molar-refractivity contribution in [2.75, 3.05) is 37.7 Å². The molecule has 7 nitrogen and oxygen atoms in total. The van der Waals surface area contributed by atoms with Crippen molar-refractivity contribution >= 4 is 23.4 Å². The number of aromatic nitrogens is 1. The molecule has 0 saturated carbocycles. The molecule has 2 aromatic carbocycles. The van der Waals surface area contributed by atoms with Crippen LogP contribution in [-0.4, -0.2) is 54.7 Å². The summed E-state index contributed by atoms with van der Waals surface area (Å²) in [5, 5.41) is 0.707. The first-order valence-corrected chi connectivity index (χ1v) is 13.1. The van der Waals surface area contributed by atoms with Crippen LogP contribution in [0.2, 0.25) is 5.02 Å². The highest BCUT2D eigenvalue weighted by Gasteiger charge is 2.24. The van der Waals surface area contributed by atoms with Crippen LogP contribution < -0.4 is 14.4 Å². The van der Waals surface area contributed by atoms with Gasteiger partial charge in [-0.05, 0) is 68.3 Å². The van der Waals surface area contributed by atoms with Crippen LogP contribution in [0.1, 0.15) is 42.3 Å². The molecule has 1 fully saturated rings. The minimum atomic E-state index is -0.331. The Labute approximate surface area is 223 Å². The lowest BCUT2D eigenvalue weighted by molar-refractivity contribution is 0.0378. The summed E-state index contributed by atoms with van der Waals surface area (Å²) in [6.07, 6.45) is 1.55. The first-order valence-electron chi connectivity index (χ1n) is 12.7. The predicted octanol–water partition coefficient (Wildman–Crippen LogP) is 5.60. The molecule has 0 radical (unpaired) electrons. The van der Waals surface area contributed by atoms with E-state index in [1.807, 2.05) is 51.1 Å². The topological polar surface area (TPSA) is 64.1 Å². The Morgan fingerprint density at radius 3 is 2.41 bits per heavy atom. The Kier molecular flexibility index (Phi) is 9.25. The van der Waals surface area contributed by atoms with E-state index < -0.39 is 0 Å². The molecule has 0 amide bonds. The largest absolute Gasteiger partial charge is 0.490 e. The first-order chi connectivity index (χ1) is 17.9. The zero-order valence-corrected chi connectivity index (χ0v) is 22.4. The summed E-state index contributed by atoms with van der Waals surface area (Å²) in [6, 6.07) is 17.3. The Hall–Kier alpha value is -3.29. The molecule has 0 bridgehead atoms. The fourth-order valence-electron chi connectivity index (χ4n) is 4.24. The quantitative estimate of drug-likeness (QED) is 0.320. The molecule has 0 aliphatic carbocycles. The van der Waals surface area contributed by atoms with E-state index in [9.17, 15) is 4.79 Å². The van der Waals surface area contributed by atoms with E-state index in [4.69, 9.17) is 25.8 Å². The molecule has 0 spiro atoms. The van der Waals surface area contributed by atoms with E-state index in [2.05, 4.69) is 26.9 Å². The third-order valence-corrected chi connectivity index (χ3v) is 6.29. The smallest absolute Gasteiger partial charge is 0.342 e. The maximum atomic E-state index is 12.6. The van der Waals surface area contributed by atoms with Crippen LogP contribution in [0.15, 0.2) is 60.8 Å². The number of ether oxygens (including phenoxy) is 3. The number of carbonyl (C=O) groups is 1. The van der Waals surface area contributed by atoms with E-state index in [1.54, 1.807) is 18.3 Å². The SMILES string of the molecule is CCOc1cc(CN2CCN(c3ncccc3C(=O)OC(C)C)CC2)ccc1OCc1ccc(Cl)cc1. The summed E-state index contributed by atoms with van der Waals surface area (Å²) < 4.78 is 17.3. The molecule has 1 saturated heterocycles. The molecule has 2 heterocycles. The number of anilines is 1. The molecule has 0 unspecified atom stereocenters. The van der Waals surface area contributed by atoms with Gasteiger partial charge in [-0.3, -0.25) is 4.90 Å². The van der Waals surface area contributed by atoms with Gasteiger partial charge in [0.1, 0.15) is 18.0 Å². The number of benzene rings is 2. The molecular weight excluding hydrogens is 490 g/mol. The highest BCUT2D eigenvalue weighted by Crippen LogP contribution is 2.30. The van der Waals surface area contributed by atoms with Crippen molar-refractivity contribution in [2.45, 2.75) is 40.0 Å². The summed E-state index contributed by atoms with van der Waals surface area (Å²) in [7, 11) is 0. The highest BCUT2D eigenvalue weighted by atomic mass is 35.5. The highest BCUT2D eigenvalue weighted by molar-refractivity contribution is 6.30. The standard InChI is InChI=1S/C29H34ClN3O4/c1-4-35-27-18-23(9-12-26(27)36-20-22-7-10-24(30)11-8-22)19-32-14-16-33(17-15-32)28-25(6-5-13-31-28)29(34)37-21(2)3/h5-13,18,21H,4,14-17,19-20H2,1-3H3. The molecule has 1 aliphatic heterocycles. The summed E-state index contributed by atoms with van der Waals surface area (Å²) >= 11 is 5.98. The second kappa shape index (κ2) is 12.8. The lowest BCUT2D eigenvalue weighted by Crippen LogP contribution is -2.46. The van der Waals surface area contributed by atoms with Crippen LogP contribution in [0.25, 0.3) is 0 Å². The van der Waals surface area contributed by atoms with Crippen LogP contribution in [0, 0.1) is 0 Å². The van der Waals surface area contributed by atoms with Gasteiger partial charge >= 0.3 is 5.97 Å². The third-order valence-electron chi connectivity index (χ3n) is 6.04. The fraction of sp³-hybridized carbons (Fsp3) is 0.379. The molecule has 1 aromatic heterocycles. The first kappa shape index (κ1) is 26.8.